The lowest BCUT2D eigenvalue weighted by Crippen LogP contribution is -2.36. The minimum atomic E-state index is -0.482. The number of nitrogens with one attached hydrogen (secondary N) is 1. The Morgan fingerprint density at radius 1 is 1.33 bits per heavy atom. The number of hydrogen-bond donors (Lipinski definition) is 1. The van der Waals surface area contributed by atoms with E-state index in [0.717, 1.165) is 6.54 Å². The smallest absolute Gasteiger partial charge is 0.406 e. The van der Waals surface area contributed by atoms with Gasteiger partial charge in [0.15, 0.2) is 0 Å². The van der Waals surface area contributed by atoms with Crippen molar-refractivity contribution in [3.63, 3.8) is 0 Å². The minimum absolute atomic E-state index is 0.115. The van der Waals surface area contributed by atoms with Gasteiger partial charge in [-0.25, -0.2) is 4.79 Å². The molecule has 0 saturated carbocycles. The van der Waals surface area contributed by atoms with Crippen LogP contribution in [-0.2, 0) is 4.74 Å². The molecule has 136 valence electrons. The van der Waals surface area contributed by atoms with Crippen LogP contribution >= 0.6 is 0 Å². The number of methoxy groups -OCH3 is 1. The molecular weight excluding hydrogens is 310 g/mol. The van der Waals surface area contributed by atoms with Crippen molar-refractivity contribution in [3.8, 4) is 0 Å². The lowest BCUT2D eigenvalue weighted by Gasteiger charge is -2.27. The molecule has 1 unspecified atom stereocenters. The van der Waals surface area contributed by atoms with Crippen LogP contribution in [0.4, 0.5) is 10.5 Å². The van der Waals surface area contributed by atoms with E-state index in [9.17, 15) is 14.9 Å². The van der Waals surface area contributed by atoms with Gasteiger partial charge in [-0.15, -0.1) is 0 Å². The summed E-state index contributed by atoms with van der Waals surface area (Å²) in [6, 6.07) is 6.60. The molecule has 1 rings (SSSR count). The van der Waals surface area contributed by atoms with Crippen molar-refractivity contribution in [2.24, 2.45) is 0 Å². The summed E-state index contributed by atoms with van der Waals surface area (Å²) in [6.45, 7) is 9.87. The number of ether oxygens (including phenoxy) is 1. The Labute approximate surface area is 144 Å². The van der Waals surface area contributed by atoms with Crippen LogP contribution in [0.15, 0.2) is 24.3 Å². The number of benzene rings is 1. The summed E-state index contributed by atoms with van der Waals surface area (Å²) in [6.07, 6.45) is 0.768. The second-order valence-electron chi connectivity index (χ2n) is 5.25. The predicted octanol–water partition coefficient (Wildman–Crippen LogP) is 3.75. The largest absolute Gasteiger partial charge is 0.453 e. The minimum Gasteiger partial charge on any atom is -0.453 e. The summed E-state index contributed by atoms with van der Waals surface area (Å²) in [5.74, 6) is 0. The van der Waals surface area contributed by atoms with Gasteiger partial charge in [0.2, 0.25) is 0 Å². The van der Waals surface area contributed by atoms with Crippen molar-refractivity contribution in [2.75, 3.05) is 26.7 Å². The van der Waals surface area contributed by atoms with E-state index in [4.69, 9.17) is 0 Å². The number of carbonyl (C=O) groups is 1. The number of likely N-dealkylation sites (N-methyl/N-ethyl adjacent to an activating group) is 1. The van der Waals surface area contributed by atoms with E-state index in [-0.39, 0.29) is 16.7 Å². The molecule has 24 heavy (non-hydrogen) atoms. The normalized spacial score (nSPS) is 11.2. The van der Waals surface area contributed by atoms with Crippen LogP contribution in [0.25, 0.3) is 0 Å². The first kappa shape index (κ1) is 21.9. The number of rotatable bonds is 7. The van der Waals surface area contributed by atoms with Gasteiger partial charge in [-0.05, 0) is 13.5 Å². The summed E-state index contributed by atoms with van der Waals surface area (Å²) in [4.78, 5) is 23.8. The number of amides is 1. The summed E-state index contributed by atoms with van der Waals surface area (Å²) >= 11 is 0. The van der Waals surface area contributed by atoms with Gasteiger partial charge in [0.25, 0.3) is 5.69 Å². The van der Waals surface area contributed by atoms with E-state index >= 15 is 0 Å². The maximum absolute atomic E-state index is 11.1. The van der Waals surface area contributed by atoms with Crippen LogP contribution in [0.2, 0.25) is 0 Å². The molecule has 0 aromatic heterocycles. The van der Waals surface area contributed by atoms with Gasteiger partial charge in [-0.2, -0.15) is 0 Å². The van der Waals surface area contributed by atoms with E-state index in [1.165, 1.54) is 19.6 Å². The number of nitrogens with zero attached hydrogens (tertiary/aromatic N) is 2. The molecule has 0 aliphatic rings. The highest BCUT2D eigenvalue weighted by Gasteiger charge is 2.22. The highest BCUT2D eigenvalue weighted by Crippen LogP contribution is 2.28. The average molecular weight is 339 g/mol. The number of hydrogen-bond acceptors (Lipinski definition) is 5. The fraction of sp³-hybridized carbons (Fsp3) is 0.588. The van der Waals surface area contributed by atoms with Crippen molar-refractivity contribution in [3.05, 3.63) is 39.9 Å². The highest BCUT2D eigenvalue weighted by molar-refractivity contribution is 5.66. The SMILES string of the molecule is CCC.CCN(CCNC(=O)OC)C(C)c1ccccc1[N+](=O)[O-]. The van der Waals surface area contributed by atoms with Crippen molar-refractivity contribution in [1.82, 2.24) is 10.2 Å². The monoisotopic (exact) mass is 339 g/mol. The number of alkyl carbamates (subject to hydrolysis) is 1. The van der Waals surface area contributed by atoms with E-state index < -0.39 is 6.09 Å². The number of carbonyl (C=O) groups excluding carboxylic acids is 1. The Hall–Kier alpha value is -2.15. The molecule has 0 aliphatic carbocycles. The van der Waals surface area contributed by atoms with E-state index in [1.807, 2.05) is 13.8 Å². The predicted molar refractivity (Wildman–Crippen MR) is 95.1 cm³/mol. The molecule has 0 heterocycles. The quantitative estimate of drug-likeness (QED) is 0.604. The van der Waals surface area contributed by atoms with Crippen LogP contribution in [-0.4, -0.2) is 42.7 Å². The molecule has 1 aromatic carbocycles. The third-order valence-electron chi connectivity index (χ3n) is 3.39. The Balaban J connectivity index is 0.00000163. The summed E-state index contributed by atoms with van der Waals surface area (Å²) in [5.41, 5.74) is 0.784. The van der Waals surface area contributed by atoms with Gasteiger partial charge < -0.3 is 10.1 Å². The molecule has 0 radical (unpaired) electrons. The second kappa shape index (κ2) is 12.3. The first-order valence-corrected chi connectivity index (χ1v) is 8.21. The highest BCUT2D eigenvalue weighted by atomic mass is 16.6. The molecule has 0 saturated heterocycles. The Morgan fingerprint density at radius 3 is 2.42 bits per heavy atom. The molecule has 1 N–H and O–H groups in total. The van der Waals surface area contributed by atoms with Crippen LogP contribution in [0.1, 0.15) is 45.7 Å². The molecule has 0 bridgehead atoms. The average Bonchev–Trinajstić information content (AvgIpc) is 2.58. The lowest BCUT2D eigenvalue weighted by atomic mass is 10.0. The zero-order valence-corrected chi connectivity index (χ0v) is 15.2. The van der Waals surface area contributed by atoms with Crippen LogP contribution in [0.5, 0.6) is 0 Å². The van der Waals surface area contributed by atoms with E-state index in [1.54, 1.807) is 18.2 Å². The van der Waals surface area contributed by atoms with Gasteiger partial charge in [0.05, 0.1) is 12.0 Å². The van der Waals surface area contributed by atoms with Crippen LogP contribution in [0, 0.1) is 10.1 Å². The molecule has 1 aromatic rings. The molecule has 7 heteroatoms. The zero-order chi connectivity index (χ0) is 18.5. The Kier molecular flexibility index (Phi) is 11.2. The number of nitro benzene ring substituents is 1. The fourth-order valence-electron chi connectivity index (χ4n) is 2.20. The summed E-state index contributed by atoms with van der Waals surface area (Å²) < 4.78 is 4.50. The number of para-hydroxylation sites is 1. The lowest BCUT2D eigenvalue weighted by molar-refractivity contribution is -0.386. The topological polar surface area (TPSA) is 84.7 Å². The third kappa shape index (κ3) is 7.41. The van der Waals surface area contributed by atoms with E-state index in [2.05, 4.69) is 28.8 Å². The van der Waals surface area contributed by atoms with Gasteiger partial charge in [0, 0.05) is 30.8 Å². The molecule has 1 amide bonds. The van der Waals surface area contributed by atoms with Crippen molar-refractivity contribution >= 4 is 11.8 Å². The maximum Gasteiger partial charge on any atom is 0.406 e. The molecule has 0 spiro atoms. The van der Waals surface area contributed by atoms with Crippen molar-refractivity contribution in [1.29, 1.82) is 0 Å². The first-order valence-electron chi connectivity index (χ1n) is 8.21. The fourth-order valence-corrected chi connectivity index (χ4v) is 2.20. The standard InChI is InChI=1S/C14H21N3O4.C3H8/c1-4-16(10-9-15-14(18)21-3)11(2)12-7-5-6-8-13(12)17(19)20;1-3-2/h5-8,11H,4,9-10H2,1-3H3,(H,15,18);3H2,1-2H3. The summed E-state index contributed by atoms with van der Waals surface area (Å²) in [5, 5.41) is 13.7. The zero-order valence-electron chi connectivity index (χ0n) is 15.2. The van der Waals surface area contributed by atoms with E-state index in [0.29, 0.717) is 18.7 Å². The molecule has 0 fully saturated rings. The van der Waals surface area contributed by atoms with Gasteiger partial charge in [0.1, 0.15) is 0 Å². The molecule has 1 atom stereocenters. The van der Waals surface area contributed by atoms with Gasteiger partial charge in [-0.3, -0.25) is 15.0 Å². The van der Waals surface area contributed by atoms with Gasteiger partial charge >= 0.3 is 6.09 Å². The Bertz CT molecular complexity index is 508. The first-order chi connectivity index (χ1) is 11.4. The Morgan fingerprint density at radius 2 is 1.92 bits per heavy atom. The van der Waals surface area contributed by atoms with Crippen molar-refractivity contribution < 1.29 is 14.5 Å². The van der Waals surface area contributed by atoms with Crippen molar-refractivity contribution in [2.45, 2.75) is 40.2 Å². The van der Waals surface area contributed by atoms with Crippen LogP contribution < -0.4 is 5.32 Å². The second-order valence-corrected chi connectivity index (χ2v) is 5.25. The van der Waals surface area contributed by atoms with Gasteiger partial charge in [-0.1, -0.05) is 45.4 Å². The number of nitro groups is 1. The third-order valence-corrected chi connectivity index (χ3v) is 3.39. The maximum atomic E-state index is 11.1. The molecule has 0 aliphatic heterocycles. The molecular formula is C17H29N3O4. The molecule has 7 nitrogen and oxygen atoms in total. The van der Waals surface area contributed by atoms with Crippen LogP contribution in [0.3, 0.4) is 0 Å². The summed E-state index contributed by atoms with van der Waals surface area (Å²) in [7, 11) is 1.31.